The van der Waals surface area contributed by atoms with Crippen LogP contribution in [0.1, 0.15) is 11.1 Å². The standard InChI is InChI=1S/C14H10I2/c15-13(11-7-3-1-4-8-11)14(16)12-9-5-2-6-10-12/h1-10H/b14-13+. The minimum absolute atomic E-state index is 1.27. The Morgan fingerprint density at radius 2 is 0.875 bits per heavy atom. The lowest BCUT2D eigenvalue weighted by atomic mass is 10.1. The highest BCUT2D eigenvalue weighted by Crippen LogP contribution is 2.35. The molecule has 0 heterocycles. The van der Waals surface area contributed by atoms with Crippen LogP contribution in [0.5, 0.6) is 0 Å². The van der Waals surface area contributed by atoms with Gasteiger partial charge in [-0.15, -0.1) is 0 Å². The van der Waals surface area contributed by atoms with Gasteiger partial charge in [0.15, 0.2) is 0 Å². The van der Waals surface area contributed by atoms with Crippen LogP contribution in [0.4, 0.5) is 0 Å². The molecule has 0 atom stereocenters. The average molecular weight is 432 g/mol. The molecule has 0 aliphatic rings. The third-order valence-electron chi connectivity index (χ3n) is 2.25. The van der Waals surface area contributed by atoms with Crippen molar-refractivity contribution in [3.05, 3.63) is 71.8 Å². The molecule has 80 valence electrons. The van der Waals surface area contributed by atoms with Gasteiger partial charge in [-0.05, 0) is 56.3 Å². The van der Waals surface area contributed by atoms with Gasteiger partial charge in [-0.3, -0.25) is 0 Å². The molecular formula is C14H10I2. The molecule has 0 saturated heterocycles. The van der Waals surface area contributed by atoms with E-state index in [1.807, 2.05) is 12.1 Å². The minimum atomic E-state index is 1.27. The van der Waals surface area contributed by atoms with E-state index >= 15 is 0 Å². The van der Waals surface area contributed by atoms with Crippen LogP contribution in [-0.4, -0.2) is 0 Å². The van der Waals surface area contributed by atoms with Crippen molar-refractivity contribution < 1.29 is 0 Å². The first kappa shape index (κ1) is 12.1. The van der Waals surface area contributed by atoms with Crippen molar-refractivity contribution in [2.24, 2.45) is 0 Å². The Kier molecular flexibility index (Phi) is 4.40. The molecule has 0 bridgehead atoms. The zero-order valence-electron chi connectivity index (χ0n) is 8.53. The highest BCUT2D eigenvalue weighted by Gasteiger charge is 2.04. The van der Waals surface area contributed by atoms with Gasteiger partial charge in [-0.2, -0.15) is 0 Å². The maximum absolute atomic E-state index is 2.41. The van der Waals surface area contributed by atoms with Crippen LogP contribution in [-0.2, 0) is 0 Å². The molecule has 2 heteroatoms. The molecule has 0 amide bonds. The SMILES string of the molecule is I/C(=C(/I)c1ccccc1)c1ccccc1. The predicted octanol–water partition coefficient (Wildman–Crippen LogP) is 5.38. The topological polar surface area (TPSA) is 0 Å². The van der Waals surface area contributed by atoms with E-state index in [0.29, 0.717) is 0 Å². The number of hydrogen-bond donors (Lipinski definition) is 0. The summed E-state index contributed by atoms with van der Waals surface area (Å²) < 4.78 is 2.59. The second-order valence-corrected chi connectivity index (χ2v) is 5.52. The van der Waals surface area contributed by atoms with Crippen molar-refractivity contribution in [2.45, 2.75) is 0 Å². The minimum Gasteiger partial charge on any atom is -0.0622 e. The highest BCUT2D eigenvalue weighted by molar-refractivity contribution is 14.1. The lowest BCUT2D eigenvalue weighted by Crippen LogP contribution is -1.80. The Morgan fingerprint density at radius 1 is 0.562 bits per heavy atom. The second-order valence-electron chi connectivity index (χ2n) is 3.36. The van der Waals surface area contributed by atoms with Gasteiger partial charge in [-0.25, -0.2) is 0 Å². The normalized spacial score (nSPS) is 12.1. The van der Waals surface area contributed by atoms with Crippen molar-refractivity contribution in [1.29, 1.82) is 0 Å². The molecule has 0 unspecified atom stereocenters. The van der Waals surface area contributed by atoms with Gasteiger partial charge in [0.25, 0.3) is 0 Å². The Bertz CT molecular complexity index is 439. The van der Waals surface area contributed by atoms with E-state index in [0.717, 1.165) is 0 Å². The smallest absolute Gasteiger partial charge is 0.0342 e. The zero-order valence-corrected chi connectivity index (χ0v) is 12.8. The second kappa shape index (κ2) is 5.82. The van der Waals surface area contributed by atoms with E-state index in [1.54, 1.807) is 0 Å². The molecule has 0 aliphatic carbocycles. The number of benzene rings is 2. The molecule has 0 N–H and O–H groups in total. The fraction of sp³-hybridized carbons (Fsp3) is 0. The monoisotopic (exact) mass is 432 g/mol. The summed E-state index contributed by atoms with van der Waals surface area (Å²) in [6, 6.07) is 20.9. The van der Waals surface area contributed by atoms with Gasteiger partial charge >= 0.3 is 0 Å². The molecule has 0 nitrogen and oxygen atoms in total. The summed E-state index contributed by atoms with van der Waals surface area (Å²) in [5.74, 6) is 0. The third-order valence-corrected chi connectivity index (χ3v) is 5.60. The maximum atomic E-state index is 2.41. The molecule has 0 aliphatic heterocycles. The summed E-state index contributed by atoms with van der Waals surface area (Å²) >= 11 is 4.82. The van der Waals surface area contributed by atoms with Crippen LogP contribution in [0.25, 0.3) is 7.16 Å². The zero-order chi connectivity index (χ0) is 11.4. The Hall–Kier alpha value is -0.360. The lowest BCUT2D eigenvalue weighted by Gasteiger charge is -2.05. The van der Waals surface area contributed by atoms with Crippen molar-refractivity contribution in [3.8, 4) is 0 Å². The van der Waals surface area contributed by atoms with Crippen LogP contribution in [0.2, 0.25) is 0 Å². The van der Waals surface area contributed by atoms with Crippen molar-refractivity contribution in [2.75, 3.05) is 0 Å². The summed E-state index contributed by atoms with van der Waals surface area (Å²) in [6.07, 6.45) is 0. The lowest BCUT2D eigenvalue weighted by molar-refractivity contribution is 1.64. The molecule has 0 saturated carbocycles. The van der Waals surface area contributed by atoms with Gasteiger partial charge in [0.1, 0.15) is 0 Å². The van der Waals surface area contributed by atoms with Gasteiger partial charge in [0, 0.05) is 7.16 Å². The Labute approximate surface area is 123 Å². The highest BCUT2D eigenvalue weighted by atomic mass is 127. The average Bonchev–Trinajstić information content (AvgIpc) is 2.39. The van der Waals surface area contributed by atoms with Gasteiger partial charge < -0.3 is 0 Å². The molecular weight excluding hydrogens is 422 g/mol. The summed E-state index contributed by atoms with van der Waals surface area (Å²) in [7, 11) is 0. The van der Waals surface area contributed by atoms with Crippen molar-refractivity contribution in [1.82, 2.24) is 0 Å². The molecule has 2 aromatic rings. The predicted molar refractivity (Wildman–Crippen MR) is 87.7 cm³/mol. The molecule has 0 spiro atoms. The van der Waals surface area contributed by atoms with Crippen LogP contribution >= 0.6 is 45.2 Å². The van der Waals surface area contributed by atoms with E-state index in [-0.39, 0.29) is 0 Å². The Morgan fingerprint density at radius 3 is 1.19 bits per heavy atom. The van der Waals surface area contributed by atoms with Crippen molar-refractivity contribution >= 4 is 52.3 Å². The van der Waals surface area contributed by atoms with E-state index in [2.05, 4.69) is 93.7 Å². The van der Waals surface area contributed by atoms with Gasteiger partial charge in [0.05, 0.1) is 0 Å². The number of halogens is 2. The summed E-state index contributed by atoms with van der Waals surface area (Å²) in [5, 5.41) is 0. The molecule has 0 aromatic heterocycles. The van der Waals surface area contributed by atoms with Crippen LogP contribution < -0.4 is 0 Å². The van der Waals surface area contributed by atoms with E-state index in [4.69, 9.17) is 0 Å². The van der Waals surface area contributed by atoms with Crippen molar-refractivity contribution in [3.63, 3.8) is 0 Å². The van der Waals surface area contributed by atoms with Gasteiger partial charge in [0.2, 0.25) is 0 Å². The first-order valence-electron chi connectivity index (χ1n) is 4.95. The van der Waals surface area contributed by atoms with E-state index in [1.165, 1.54) is 18.3 Å². The molecule has 2 rings (SSSR count). The largest absolute Gasteiger partial charge is 0.0622 e. The van der Waals surface area contributed by atoms with E-state index in [9.17, 15) is 0 Å². The van der Waals surface area contributed by atoms with Gasteiger partial charge in [-0.1, -0.05) is 60.7 Å². The summed E-state index contributed by atoms with van der Waals surface area (Å²) in [5.41, 5.74) is 2.55. The van der Waals surface area contributed by atoms with E-state index < -0.39 is 0 Å². The maximum Gasteiger partial charge on any atom is 0.0342 e. The van der Waals surface area contributed by atoms with Crippen LogP contribution in [0.3, 0.4) is 0 Å². The number of rotatable bonds is 2. The summed E-state index contributed by atoms with van der Waals surface area (Å²) in [4.78, 5) is 0. The third kappa shape index (κ3) is 2.85. The Balaban J connectivity index is 2.43. The fourth-order valence-corrected chi connectivity index (χ4v) is 2.76. The summed E-state index contributed by atoms with van der Waals surface area (Å²) in [6.45, 7) is 0. The molecule has 0 fully saturated rings. The number of hydrogen-bond acceptors (Lipinski definition) is 0. The van der Waals surface area contributed by atoms with Crippen LogP contribution in [0, 0.1) is 0 Å². The molecule has 16 heavy (non-hydrogen) atoms. The van der Waals surface area contributed by atoms with Crippen LogP contribution in [0.15, 0.2) is 60.7 Å². The molecule has 0 radical (unpaired) electrons. The molecule has 2 aromatic carbocycles. The first-order valence-corrected chi connectivity index (χ1v) is 7.11. The quantitative estimate of drug-likeness (QED) is 0.442. The first-order chi connectivity index (χ1) is 7.79. The fourth-order valence-electron chi connectivity index (χ4n) is 1.42.